The van der Waals surface area contributed by atoms with E-state index in [2.05, 4.69) is 12.2 Å². The van der Waals surface area contributed by atoms with Gasteiger partial charge in [0.25, 0.3) is 5.91 Å². The first kappa shape index (κ1) is 17.7. The first-order chi connectivity index (χ1) is 10.0. The molecular formula is C16H26N2O2S. The molecule has 0 atom stereocenters. The molecule has 0 unspecified atom stereocenters. The number of nitrogens with two attached hydrogens (primary N) is 1. The summed E-state index contributed by atoms with van der Waals surface area (Å²) in [5.74, 6) is -0.493. The molecule has 0 fully saturated rings. The molecule has 0 radical (unpaired) electrons. The molecule has 4 nitrogen and oxygen atoms in total. The summed E-state index contributed by atoms with van der Waals surface area (Å²) in [6.45, 7) is 6.11. The van der Waals surface area contributed by atoms with Crippen LogP contribution in [0.2, 0.25) is 0 Å². The van der Waals surface area contributed by atoms with Crippen molar-refractivity contribution in [1.29, 1.82) is 0 Å². The molecule has 0 aliphatic carbocycles. The van der Waals surface area contributed by atoms with Crippen molar-refractivity contribution in [2.75, 3.05) is 5.32 Å². The number of anilines is 1. The molecule has 118 valence electrons. The first-order valence-electron chi connectivity index (χ1n) is 7.73. The van der Waals surface area contributed by atoms with Crippen LogP contribution in [0.4, 0.5) is 5.00 Å². The number of primary amides is 1. The molecule has 0 aliphatic rings. The van der Waals surface area contributed by atoms with Crippen molar-refractivity contribution in [3.05, 3.63) is 16.0 Å². The van der Waals surface area contributed by atoms with E-state index < -0.39 is 5.91 Å². The van der Waals surface area contributed by atoms with E-state index in [1.807, 2.05) is 13.8 Å². The second kappa shape index (κ2) is 8.82. The molecule has 0 bridgehead atoms. The maximum atomic E-state index is 12.0. The van der Waals surface area contributed by atoms with Gasteiger partial charge in [-0.25, -0.2) is 0 Å². The van der Waals surface area contributed by atoms with E-state index in [4.69, 9.17) is 5.73 Å². The quantitative estimate of drug-likeness (QED) is 0.676. The lowest BCUT2D eigenvalue weighted by Gasteiger charge is -2.05. The van der Waals surface area contributed by atoms with Gasteiger partial charge in [0.2, 0.25) is 5.91 Å². The van der Waals surface area contributed by atoms with Gasteiger partial charge >= 0.3 is 0 Å². The topological polar surface area (TPSA) is 72.2 Å². The molecule has 0 saturated heterocycles. The fraction of sp³-hybridized carbons (Fsp3) is 0.625. The van der Waals surface area contributed by atoms with Crippen molar-refractivity contribution in [1.82, 2.24) is 0 Å². The smallest absolute Gasteiger partial charge is 0.251 e. The second-order valence-electron chi connectivity index (χ2n) is 5.27. The first-order valence-corrected chi connectivity index (χ1v) is 8.54. The summed E-state index contributed by atoms with van der Waals surface area (Å²) < 4.78 is 0. The van der Waals surface area contributed by atoms with Gasteiger partial charge in [-0.05, 0) is 25.3 Å². The maximum absolute atomic E-state index is 12.0. The van der Waals surface area contributed by atoms with Gasteiger partial charge < -0.3 is 11.1 Å². The number of carbonyl (C=O) groups excluding carboxylic acids is 2. The van der Waals surface area contributed by atoms with Crippen molar-refractivity contribution >= 4 is 28.2 Å². The summed E-state index contributed by atoms with van der Waals surface area (Å²) in [4.78, 5) is 24.6. The number of hydrogen-bond acceptors (Lipinski definition) is 3. The average molecular weight is 310 g/mol. The van der Waals surface area contributed by atoms with Gasteiger partial charge in [0, 0.05) is 11.3 Å². The largest absolute Gasteiger partial charge is 0.365 e. The molecule has 1 aromatic heterocycles. The minimum absolute atomic E-state index is 0.0297. The lowest BCUT2D eigenvalue weighted by molar-refractivity contribution is -0.116. The van der Waals surface area contributed by atoms with Gasteiger partial charge in [0.15, 0.2) is 0 Å². The SMILES string of the molecule is CCCCCCCC(=O)Nc1sc(C)c(CC)c1C(N)=O. The van der Waals surface area contributed by atoms with Gasteiger partial charge in [-0.1, -0.05) is 39.5 Å². The highest BCUT2D eigenvalue weighted by Crippen LogP contribution is 2.33. The molecule has 0 aliphatic heterocycles. The molecular weight excluding hydrogens is 284 g/mol. The summed E-state index contributed by atoms with van der Waals surface area (Å²) in [6.07, 6.45) is 6.80. The average Bonchev–Trinajstić information content (AvgIpc) is 2.74. The Bertz CT molecular complexity index is 495. The van der Waals surface area contributed by atoms with Crippen LogP contribution in [-0.2, 0) is 11.2 Å². The van der Waals surface area contributed by atoms with Crippen LogP contribution in [0.15, 0.2) is 0 Å². The molecule has 1 rings (SSSR count). The molecule has 0 spiro atoms. The number of amides is 2. The fourth-order valence-electron chi connectivity index (χ4n) is 2.43. The molecule has 21 heavy (non-hydrogen) atoms. The summed E-state index contributed by atoms with van der Waals surface area (Å²) >= 11 is 1.44. The minimum Gasteiger partial charge on any atom is -0.365 e. The number of nitrogens with one attached hydrogen (secondary N) is 1. The van der Waals surface area contributed by atoms with Crippen molar-refractivity contribution in [2.45, 2.75) is 65.7 Å². The van der Waals surface area contributed by atoms with Crippen molar-refractivity contribution in [2.24, 2.45) is 5.73 Å². The molecule has 0 aromatic carbocycles. The highest BCUT2D eigenvalue weighted by Gasteiger charge is 2.20. The third-order valence-corrected chi connectivity index (χ3v) is 4.63. The van der Waals surface area contributed by atoms with Crippen LogP contribution in [0.25, 0.3) is 0 Å². The van der Waals surface area contributed by atoms with E-state index >= 15 is 0 Å². The molecule has 1 heterocycles. The number of hydrogen-bond donors (Lipinski definition) is 2. The molecule has 5 heteroatoms. The number of thiophene rings is 1. The van der Waals surface area contributed by atoms with E-state index in [0.717, 1.165) is 29.7 Å². The zero-order chi connectivity index (χ0) is 15.8. The van der Waals surface area contributed by atoms with Gasteiger partial charge in [-0.2, -0.15) is 0 Å². The van der Waals surface area contributed by atoms with Gasteiger partial charge in [-0.3, -0.25) is 9.59 Å². The number of aryl methyl sites for hydroxylation is 1. The molecule has 2 amide bonds. The molecule has 3 N–H and O–H groups in total. The second-order valence-corrected chi connectivity index (χ2v) is 6.50. The van der Waals surface area contributed by atoms with E-state index in [1.165, 1.54) is 30.6 Å². The number of rotatable bonds is 9. The zero-order valence-electron chi connectivity index (χ0n) is 13.3. The predicted molar refractivity (Wildman–Crippen MR) is 89.0 cm³/mol. The van der Waals surface area contributed by atoms with Crippen LogP contribution in [0, 0.1) is 6.92 Å². The van der Waals surface area contributed by atoms with Crippen LogP contribution in [-0.4, -0.2) is 11.8 Å². The van der Waals surface area contributed by atoms with Gasteiger partial charge in [0.05, 0.1) is 5.56 Å². The van der Waals surface area contributed by atoms with E-state index in [9.17, 15) is 9.59 Å². The summed E-state index contributed by atoms with van der Waals surface area (Å²) in [7, 11) is 0. The van der Waals surface area contributed by atoms with Crippen LogP contribution >= 0.6 is 11.3 Å². The van der Waals surface area contributed by atoms with Crippen molar-refractivity contribution in [3.8, 4) is 0 Å². The Labute approximate surface area is 131 Å². The Balaban J connectivity index is 2.62. The molecule has 0 saturated carbocycles. The third-order valence-electron chi connectivity index (χ3n) is 3.57. The summed E-state index contributed by atoms with van der Waals surface area (Å²) in [5, 5.41) is 3.46. The lowest BCUT2D eigenvalue weighted by Crippen LogP contribution is -2.17. The Hall–Kier alpha value is -1.36. The Morgan fingerprint density at radius 1 is 1.14 bits per heavy atom. The number of unbranched alkanes of at least 4 members (excludes halogenated alkanes) is 4. The normalized spacial score (nSPS) is 10.6. The Morgan fingerprint density at radius 2 is 1.81 bits per heavy atom. The van der Waals surface area contributed by atoms with E-state index in [1.54, 1.807) is 0 Å². The Kier molecular flexibility index (Phi) is 7.43. The molecule has 1 aromatic rings. The highest BCUT2D eigenvalue weighted by molar-refractivity contribution is 7.16. The van der Waals surface area contributed by atoms with Crippen LogP contribution < -0.4 is 11.1 Å². The van der Waals surface area contributed by atoms with E-state index in [0.29, 0.717) is 17.0 Å². The maximum Gasteiger partial charge on any atom is 0.251 e. The van der Waals surface area contributed by atoms with Crippen LogP contribution in [0.1, 0.15) is 73.2 Å². The van der Waals surface area contributed by atoms with Crippen molar-refractivity contribution < 1.29 is 9.59 Å². The van der Waals surface area contributed by atoms with Gasteiger partial charge in [0.1, 0.15) is 5.00 Å². The monoisotopic (exact) mass is 310 g/mol. The lowest BCUT2D eigenvalue weighted by atomic mass is 10.1. The predicted octanol–water partition coefficient (Wildman–Crippen LogP) is 4.02. The summed E-state index contributed by atoms with van der Waals surface area (Å²) in [6, 6.07) is 0. The number of carbonyl (C=O) groups is 2. The summed E-state index contributed by atoms with van der Waals surface area (Å²) in [5.41, 5.74) is 6.89. The third kappa shape index (κ3) is 5.16. The van der Waals surface area contributed by atoms with Crippen LogP contribution in [0.5, 0.6) is 0 Å². The Morgan fingerprint density at radius 3 is 2.38 bits per heavy atom. The standard InChI is InChI=1S/C16H26N2O2S/c1-4-6-7-8-9-10-13(19)18-16-14(15(17)20)12(5-2)11(3)21-16/h4-10H2,1-3H3,(H2,17,20)(H,18,19). The van der Waals surface area contributed by atoms with Crippen LogP contribution in [0.3, 0.4) is 0 Å². The minimum atomic E-state index is -0.463. The van der Waals surface area contributed by atoms with Gasteiger partial charge in [-0.15, -0.1) is 11.3 Å². The van der Waals surface area contributed by atoms with E-state index in [-0.39, 0.29) is 5.91 Å². The highest BCUT2D eigenvalue weighted by atomic mass is 32.1. The zero-order valence-corrected chi connectivity index (χ0v) is 14.1. The fourth-order valence-corrected chi connectivity index (χ4v) is 3.60. The van der Waals surface area contributed by atoms with Crippen molar-refractivity contribution in [3.63, 3.8) is 0 Å².